The van der Waals surface area contributed by atoms with Crippen molar-refractivity contribution >= 4 is 21.9 Å². The molecule has 96 valence electrons. The Morgan fingerprint density at radius 2 is 1.83 bits per heavy atom. The van der Waals surface area contributed by atoms with Crippen molar-refractivity contribution in [2.45, 2.75) is 11.1 Å². The van der Waals surface area contributed by atoms with Crippen molar-refractivity contribution in [2.24, 2.45) is 0 Å². The topological polar surface area (TPSA) is 71.4 Å². The van der Waals surface area contributed by atoms with E-state index >= 15 is 0 Å². The van der Waals surface area contributed by atoms with Gasteiger partial charge in [-0.3, -0.25) is 0 Å². The average Bonchev–Trinajstić information content (AvgIpc) is 2.49. The van der Waals surface area contributed by atoms with E-state index in [1.54, 1.807) is 0 Å². The normalized spacial score (nSPS) is 17.2. The van der Waals surface area contributed by atoms with Crippen LogP contribution < -0.4 is 0 Å². The fourth-order valence-corrected chi connectivity index (χ4v) is 3.34. The van der Waals surface area contributed by atoms with E-state index in [2.05, 4.69) is 0 Å². The number of sulfone groups is 1. The highest BCUT2D eigenvalue weighted by atomic mass is 32.2. The number of carboxylic acid groups (broad SMARTS) is 1. The molecule has 0 saturated carbocycles. The van der Waals surface area contributed by atoms with Crippen LogP contribution in [0.15, 0.2) is 28.0 Å². The molecule has 1 aliphatic heterocycles. The molecule has 1 heterocycles. The summed E-state index contributed by atoms with van der Waals surface area (Å²) in [4.78, 5) is 8.68. The minimum atomic E-state index is -4.86. The third-order valence-corrected chi connectivity index (χ3v) is 4.27. The lowest BCUT2D eigenvalue weighted by molar-refractivity contribution is -0.140. The van der Waals surface area contributed by atoms with Crippen LogP contribution in [0.3, 0.4) is 0 Å². The van der Waals surface area contributed by atoms with E-state index in [0.717, 1.165) is 18.2 Å². The summed E-state index contributed by atoms with van der Waals surface area (Å²) in [6.45, 7) is 0. The molecule has 1 aliphatic rings. The molecule has 1 aromatic rings. The fraction of sp³-hybridized carbons (Fsp3) is 0.100. The van der Waals surface area contributed by atoms with Crippen molar-refractivity contribution in [1.29, 1.82) is 0 Å². The molecule has 0 aliphatic carbocycles. The minimum absolute atomic E-state index is 0.262. The number of benzene rings is 1. The van der Waals surface area contributed by atoms with Gasteiger partial charge < -0.3 is 5.11 Å². The van der Waals surface area contributed by atoms with Gasteiger partial charge in [-0.2, -0.15) is 13.2 Å². The maximum atomic E-state index is 12.7. The van der Waals surface area contributed by atoms with Crippen molar-refractivity contribution in [3.05, 3.63) is 34.2 Å². The number of aliphatic carboxylic acids is 1. The molecule has 0 bridgehead atoms. The molecule has 2 rings (SSSR count). The molecule has 0 saturated heterocycles. The van der Waals surface area contributed by atoms with Gasteiger partial charge in [-0.1, -0.05) is 12.1 Å². The van der Waals surface area contributed by atoms with Crippen LogP contribution in [0.2, 0.25) is 0 Å². The van der Waals surface area contributed by atoms with Gasteiger partial charge in [0.25, 0.3) is 0 Å². The van der Waals surface area contributed by atoms with E-state index in [0.29, 0.717) is 6.07 Å². The first-order chi connectivity index (χ1) is 8.15. The summed E-state index contributed by atoms with van der Waals surface area (Å²) >= 11 is 0. The third-order valence-electron chi connectivity index (χ3n) is 2.41. The maximum absolute atomic E-state index is 12.7. The molecule has 0 unspecified atom stereocenters. The number of hydrogen-bond acceptors (Lipinski definition) is 3. The highest BCUT2D eigenvalue weighted by molar-refractivity contribution is 7.96. The molecule has 0 aromatic heterocycles. The van der Waals surface area contributed by atoms with E-state index in [1.807, 2.05) is 0 Å². The zero-order valence-electron chi connectivity index (χ0n) is 8.52. The predicted octanol–water partition coefficient (Wildman–Crippen LogP) is 1.92. The van der Waals surface area contributed by atoms with Gasteiger partial charge in [-0.25, -0.2) is 13.2 Å². The van der Waals surface area contributed by atoms with Crippen molar-refractivity contribution in [1.82, 2.24) is 0 Å². The smallest absolute Gasteiger partial charge is 0.417 e. The van der Waals surface area contributed by atoms with E-state index in [-0.39, 0.29) is 5.56 Å². The van der Waals surface area contributed by atoms with Crippen LogP contribution in [0.4, 0.5) is 13.2 Å². The second kappa shape index (κ2) is 3.58. The van der Waals surface area contributed by atoms with Crippen molar-refractivity contribution in [3.8, 4) is 0 Å². The summed E-state index contributed by atoms with van der Waals surface area (Å²) in [5, 5.41) is 8.69. The van der Waals surface area contributed by atoms with Crippen LogP contribution in [-0.4, -0.2) is 19.5 Å². The molecule has 8 heteroatoms. The van der Waals surface area contributed by atoms with E-state index < -0.39 is 37.3 Å². The molecule has 18 heavy (non-hydrogen) atoms. The van der Waals surface area contributed by atoms with Crippen LogP contribution in [0.5, 0.6) is 0 Å². The second-order valence-electron chi connectivity index (χ2n) is 3.54. The highest BCUT2D eigenvalue weighted by Gasteiger charge is 2.43. The standard InChI is InChI=1S/C10H5F3O4S/c11-10(12,13)6-3-1-2-5-4-7(9(14)15)18(16,17)8(5)6/h1-4H,(H,14,15). The molecule has 1 N–H and O–H groups in total. The van der Waals surface area contributed by atoms with Gasteiger partial charge in [-0.05, 0) is 17.7 Å². The number of fused-ring (bicyclic) bond motifs is 1. The van der Waals surface area contributed by atoms with Gasteiger partial charge in [0, 0.05) is 0 Å². The Bertz CT molecular complexity index is 671. The van der Waals surface area contributed by atoms with Gasteiger partial charge >= 0.3 is 12.1 Å². The zero-order chi connectivity index (χ0) is 13.7. The Labute approximate surface area is 99.3 Å². The van der Waals surface area contributed by atoms with Gasteiger partial charge in [-0.15, -0.1) is 0 Å². The average molecular weight is 278 g/mol. The molecule has 0 fully saturated rings. The fourth-order valence-electron chi connectivity index (χ4n) is 1.70. The number of rotatable bonds is 1. The van der Waals surface area contributed by atoms with Crippen LogP contribution in [0.25, 0.3) is 6.08 Å². The van der Waals surface area contributed by atoms with E-state index in [1.165, 1.54) is 0 Å². The van der Waals surface area contributed by atoms with Gasteiger partial charge in [0.2, 0.25) is 9.84 Å². The molecule has 0 atom stereocenters. The Kier molecular flexibility index (Phi) is 2.51. The first kappa shape index (κ1) is 12.6. The van der Waals surface area contributed by atoms with Crippen LogP contribution in [0.1, 0.15) is 11.1 Å². The Morgan fingerprint density at radius 1 is 1.22 bits per heavy atom. The molecular weight excluding hydrogens is 273 g/mol. The quantitative estimate of drug-likeness (QED) is 0.851. The van der Waals surface area contributed by atoms with Crippen molar-refractivity contribution in [2.75, 3.05) is 0 Å². The molecule has 1 aromatic carbocycles. The first-order valence-corrected chi connectivity index (χ1v) is 6.04. The molecule has 4 nitrogen and oxygen atoms in total. The maximum Gasteiger partial charge on any atom is 0.417 e. The first-order valence-electron chi connectivity index (χ1n) is 4.56. The van der Waals surface area contributed by atoms with Crippen molar-refractivity contribution in [3.63, 3.8) is 0 Å². The number of carboxylic acids is 1. The van der Waals surface area contributed by atoms with Crippen LogP contribution in [-0.2, 0) is 20.8 Å². The van der Waals surface area contributed by atoms with Gasteiger partial charge in [0.05, 0.1) is 10.5 Å². The summed E-state index contributed by atoms with van der Waals surface area (Å²) in [7, 11) is -4.62. The zero-order valence-corrected chi connectivity index (χ0v) is 9.34. The summed E-state index contributed by atoms with van der Waals surface area (Å²) in [6.07, 6.45) is -4.14. The van der Waals surface area contributed by atoms with E-state index in [4.69, 9.17) is 5.11 Å². The monoisotopic (exact) mass is 278 g/mol. The lowest BCUT2D eigenvalue weighted by Crippen LogP contribution is -2.15. The van der Waals surface area contributed by atoms with E-state index in [9.17, 15) is 26.4 Å². The van der Waals surface area contributed by atoms with Crippen LogP contribution >= 0.6 is 0 Å². The third kappa shape index (κ3) is 1.69. The highest BCUT2D eigenvalue weighted by Crippen LogP contribution is 2.42. The Hall–Kier alpha value is -1.83. The van der Waals surface area contributed by atoms with Gasteiger partial charge in [0.1, 0.15) is 0 Å². The Morgan fingerprint density at radius 3 is 2.33 bits per heavy atom. The molecule has 0 spiro atoms. The predicted molar refractivity (Wildman–Crippen MR) is 54.2 cm³/mol. The van der Waals surface area contributed by atoms with Crippen molar-refractivity contribution < 1.29 is 31.5 Å². The summed E-state index contributed by atoms with van der Waals surface area (Å²) < 4.78 is 61.5. The Balaban J connectivity index is 2.79. The summed E-state index contributed by atoms with van der Waals surface area (Å²) in [5.74, 6) is -1.78. The lowest BCUT2D eigenvalue weighted by atomic mass is 10.1. The number of halogens is 3. The molecule has 0 radical (unpaired) electrons. The minimum Gasteiger partial charge on any atom is -0.477 e. The largest absolute Gasteiger partial charge is 0.477 e. The summed E-state index contributed by atoms with van der Waals surface area (Å²) in [5.41, 5.74) is -1.62. The second-order valence-corrected chi connectivity index (χ2v) is 5.39. The SMILES string of the molecule is O=C(O)C1=Cc2cccc(C(F)(F)F)c2S1(=O)=O. The number of alkyl halides is 3. The summed E-state index contributed by atoms with van der Waals surface area (Å²) in [6, 6.07) is 2.76. The molecular formula is C10H5F3O4S. The lowest BCUT2D eigenvalue weighted by Gasteiger charge is -2.11. The van der Waals surface area contributed by atoms with Gasteiger partial charge in [0.15, 0.2) is 4.91 Å². The van der Waals surface area contributed by atoms with Crippen LogP contribution in [0, 0.1) is 0 Å². The molecule has 0 amide bonds. The number of hydrogen-bond donors (Lipinski definition) is 1. The number of carbonyl (C=O) groups is 1.